The van der Waals surface area contributed by atoms with Gasteiger partial charge in [0.05, 0.1) is 17.8 Å². The lowest BCUT2D eigenvalue weighted by Gasteiger charge is -2.69. The molecule has 0 amide bonds. The second-order valence-electron chi connectivity index (χ2n) is 14.9. The highest BCUT2D eigenvalue weighted by Gasteiger charge is 2.68. The Labute approximate surface area is 216 Å². The summed E-state index contributed by atoms with van der Waals surface area (Å²) in [6, 6.07) is 0. The largest absolute Gasteiger partial charge is 0.393 e. The number of allylic oxidation sites excluding steroid dienone is 1. The van der Waals surface area contributed by atoms with Crippen molar-refractivity contribution in [2.45, 2.75) is 137 Å². The first-order valence-electron chi connectivity index (χ1n) is 14.8. The van der Waals surface area contributed by atoms with E-state index in [4.69, 9.17) is 4.74 Å². The maximum atomic E-state index is 10.9. The Kier molecular flexibility index (Phi) is 7.21. The third-order valence-electron chi connectivity index (χ3n) is 13.0. The third-order valence-corrected chi connectivity index (χ3v) is 13.0. The molecular weight excluding hydrogens is 432 g/mol. The average molecular weight is 489 g/mol. The van der Waals surface area contributed by atoms with Gasteiger partial charge < -0.3 is 14.9 Å². The molecule has 9 atom stereocenters. The van der Waals surface area contributed by atoms with Crippen molar-refractivity contribution in [2.75, 3.05) is 6.61 Å². The van der Waals surface area contributed by atoms with E-state index in [1.54, 1.807) is 0 Å². The lowest BCUT2D eigenvalue weighted by Crippen LogP contribution is -2.63. The van der Waals surface area contributed by atoms with Gasteiger partial charge in [-0.05, 0) is 130 Å². The van der Waals surface area contributed by atoms with Gasteiger partial charge >= 0.3 is 0 Å². The summed E-state index contributed by atoms with van der Waals surface area (Å²) in [6.45, 7) is 23.8. The minimum atomic E-state index is -0.500. The summed E-state index contributed by atoms with van der Waals surface area (Å²) in [5.41, 5.74) is 1.96. The summed E-state index contributed by atoms with van der Waals surface area (Å²) in [4.78, 5) is 0. The van der Waals surface area contributed by atoms with Crippen molar-refractivity contribution in [1.82, 2.24) is 0 Å². The number of fused-ring (bicyclic) bond motifs is 5. The van der Waals surface area contributed by atoms with Gasteiger partial charge in [-0.2, -0.15) is 0 Å². The molecular formula is C32H56O3. The van der Waals surface area contributed by atoms with Crippen LogP contribution in [0.15, 0.2) is 12.2 Å². The van der Waals surface area contributed by atoms with Gasteiger partial charge in [0.15, 0.2) is 0 Å². The molecule has 0 radical (unpaired) electrons. The van der Waals surface area contributed by atoms with Gasteiger partial charge in [0.2, 0.25) is 0 Å². The Bertz CT molecular complexity index is 801. The van der Waals surface area contributed by atoms with Crippen molar-refractivity contribution in [3.8, 4) is 0 Å². The number of hydrogen-bond acceptors (Lipinski definition) is 3. The van der Waals surface area contributed by atoms with Crippen molar-refractivity contribution >= 4 is 0 Å². The van der Waals surface area contributed by atoms with Crippen LogP contribution in [0, 0.1) is 45.3 Å². The predicted octanol–water partition coefficient (Wildman–Crippen LogP) is 7.54. The van der Waals surface area contributed by atoms with Crippen LogP contribution in [-0.4, -0.2) is 34.6 Å². The molecule has 0 heterocycles. The molecule has 0 aromatic carbocycles. The Morgan fingerprint density at radius 3 is 2.26 bits per heavy atom. The standard InChI is InChI=1S/C32H56O3/c1-10-35-29(5,6)27(34)14-11-21(2)22-15-19-31(8)23(22)12-13-25-30(7)18-17-26(33)28(3,4)24(30)16-20-32(25,31)9/h22-27,33-34H,2,10-20H2,1,3-9H3/t22-,23-,24+,25-,26+,27-,30+,31-,32-/m1/s1. The highest BCUT2D eigenvalue weighted by atomic mass is 16.5. The number of rotatable bonds is 7. The summed E-state index contributed by atoms with van der Waals surface area (Å²) in [7, 11) is 0. The highest BCUT2D eigenvalue weighted by molar-refractivity contribution is 5.20. The van der Waals surface area contributed by atoms with E-state index in [9.17, 15) is 10.2 Å². The van der Waals surface area contributed by atoms with Crippen molar-refractivity contribution in [3.63, 3.8) is 0 Å². The SMILES string of the molecule is C=C(CC[C@@H](O)C(C)(C)OCC)[C@H]1CC[C@]2(C)[C@@H]1CC[C@@H]1[C@@]3(C)CC[C@H](O)C(C)(C)[C@@H]3CC[C@]12C. The molecule has 4 rings (SSSR count). The smallest absolute Gasteiger partial charge is 0.0884 e. The molecule has 4 aliphatic carbocycles. The molecule has 0 aromatic rings. The quantitative estimate of drug-likeness (QED) is 0.364. The monoisotopic (exact) mass is 488 g/mol. The summed E-state index contributed by atoms with van der Waals surface area (Å²) in [5, 5.41) is 21.7. The van der Waals surface area contributed by atoms with Crippen molar-refractivity contribution in [3.05, 3.63) is 12.2 Å². The Morgan fingerprint density at radius 1 is 0.943 bits per heavy atom. The van der Waals surface area contributed by atoms with Crippen LogP contribution in [-0.2, 0) is 4.74 Å². The Hall–Kier alpha value is -0.380. The predicted molar refractivity (Wildman–Crippen MR) is 145 cm³/mol. The van der Waals surface area contributed by atoms with Gasteiger partial charge in [-0.3, -0.25) is 0 Å². The van der Waals surface area contributed by atoms with Gasteiger partial charge in [0.25, 0.3) is 0 Å². The van der Waals surface area contributed by atoms with Gasteiger partial charge in [0.1, 0.15) is 0 Å². The zero-order valence-electron chi connectivity index (χ0n) is 24.3. The maximum absolute atomic E-state index is 10.9. The molecule has 2 N–H and O–H groups in total. The highest BCUT2D eigenvalue weighted by Crippen LogP contribution is 2.75. The van der Waals surface area contributed by atoms with Gasteiger partial charge in [-0.15, -0.1) is 0 Å². The zero-order chi connectivity index (χ0) is 26.0. The first-order valence-corrected chi connectivity index (χ1v) is 14.8. The van der Waals surface area contributed by atoms with Crippen molar-refractivity contribution in [2.24, 2.45) is 45.3 Å². The van der Waals surface area contributed by atoms with Crippen LogP contribution < -0.4 is 0 Å². The van der Waals surface area contributed by atoms with E-state index in [-0.39, 0.29) is 11.5 Å². The Morgan fingerprint density at radius 2 is 1.60 bits per heavy atom. The molecule has 202 valence electrons. The lowest BCUT2D eigenvalue weighted by molar-refractivity contribution is -0.220. The molecule has 0 bridgehead atoms. The van der Waals surface area contributed by atoms with E-state index in [0.717, 1.165) is 31.1 Å². The molecule has 4 saturated carbocycles. The van der Waals surface area contributed by atoms with E-state index in [2.05, 4.69) is 41.2 Å². The topological polar surface area (TPSA) is 49.7 Å². The van der Waals surface area contributed by atoms with Crippen LogP contribution in [0.5, 0.6) is 0 Å². The van der Waals surface area contributed by atoms with E-state index < -0.39 is 11.7 Å². The fourth-order valence-electron chi connectivity index (χ4n) is 10.5. The summed E-state index contributed by atoms with van der Waals surface area (Å²) in [5.74, 6) is 2.69. The van der Waals surface area contributed by atoms with Crippen LogP contribution in [0.4, 0.5) is 0 Å². The first-order chi connectivity index (χ1) is 16.1. The van der Waals surface area contributed by atoms with Gasteiger partial charge in [-0.1, -0.05) is 46.8 Å². The third kappa shape index (κ3) is 4.09. The van der Waals surface area contributed by atoms with E-state index in [0.29, 0.717) is 34.7 Å². The molecule has 0 aromatic heterocycles. The van der Waals surface area contributed by atoms with Gasteiger partial charge in [-0.25, -0.2) is 0 Å². The van der Waals surface area contributed by atoms with Crippen molar-refractivity contribution in [1.29, 1.82) is 0 Å². The number of aliphatic hydroxyl groups is 2. The molecule has 4 aliphatic rings. The Balaban J connectivity index is 1.51. The van der Waals surface area contributed by atoms with Crippen LogP contribution in [0.1, 0.15) is 120 Å². The summed E-state index contributed by atoms with van der Waals surface area (Å²) in [6.07, 6.45) is 11.0. The maximum Gasteiger partial charge on any atom is 0.0884 e. The summed E-state index contributed by atoms with van der Waals surface area (Å²) < 4.78 is 5.80. The molecule has 4 fully saturated rings. The normalized spacial score (nSPS) is 45.8. The molecule has 0 unspecified atom stereocenters. The first kappa shape index (κ1) is 27.6. The molecule has 35 heavy (non-hydrogen) atoms. The summed E-state index contributed by atoms with van der Waals surface area (Å²) >= 11 is 0. The minimum absolute atomic E-state index is 0.0225. The van der Waals surface area contributed by atoms with E-state index >= 15 is 0 Å². The van der Waals surface area contributed by atoms with Crippen LogP contribution in [0.2, 0.25) is 0 Å². The number of aliphatic hydroxyl groups excluding tert-OH is 2. The second kappa shape index (κ2) is 9.12. The van der Waals surface area contributed by atoms with Gasteiger partial charge in [0, 0.05) is 6.61 Å². The van der Waals surface area contributed by atoms with Crippen LogP contribution in [0.3, 0.4) is 0 Å². The van der Waals surface area contributed by atoms with Crippen LogP contribution >= 0.6 is 0 Å². The molecule has 3 nitrogen and oxygen atoms in total. The van der Waals surface area contributed by atoms with E-state index in [1.165, 1.54) is 50.5 Å². The molecule has 3 heteroatoms. The van der Waals surface area contributed by atoms with Crippen LogP contribution in [0.25, 0.3) is 0 Å². The zero-order valence-corrected chi connectivity index (χ0v) is 24.3. The average Bonchev–Trinajstić information content (AvgIpc) is 3.13. The van der Waals surface area contributed by atoms with E-state index in [1.807, 2.05) is 20.8 Å². The fourth-order valence-corrected chi connectivity index (χ4v) is 10.5. The second-order valence-corrected chi connectivity index (χ2v) is 14.9. The fraction of sp³-hybridized carbons (Fsp3) is 0.938. The van der Waals surface area contributed by atoms with Crippen molar-refractivity contribution < 1.29 is 14.9 Å². The molecule has 0 aliphatic heterocycles. The number of hydrogen-bond donors (Lipinski definition) is 2. The molecule has 0 spiro atoms. The lowest BCUT2D eigenvalue weighted by atomic mass is 9.35. The molecule has 0 saturated heterocycles. The number of ether oxygens (including phenoxy) is 1. The minimum Gasteiger partial charge on any atom is -0.393 e.